The summed E-state index contributed by atoms with van der Waals surface area (Å²) >= 11 is 0. The van der Waals surface area contributed by atoms with Gasteiger partial charge in [0.05, 0.1) is 0 Å². The van der Waals surface area contributed by atoms with Crippen molar-refractivity contribution in [3.05, 3.63) is 24.3 Å². The highest BCUT2D eigenvalue weighted by atomic mass is 35.5. The second-order valence-corrected chi connectivity index (χ2v) is 12.1. The van der Waals surface area contributed by atoms with Crippen molar-refractivity contribution in [3.8, 4) is 0 Å². The van der Waals surface area contributed by atoms with Gasteiger partial charge in [-0.2, -0.15) is 0 Å². The van der Waals surface area contributed by atoms with E-state index in [-0.39, 0.29) is 24.0 Å². The minimum Gasteiger partial charge on any atom is -0.315 e. The van der Waals surface area contributed by atoms with Crippen LogP contribution in [0.3, 0.4) is 0 Å². The minimum atomic E-state index is -0.895. The molecule has 0 aliphatic rings. The van der Waals surface area contributed by atoms with Crippen molar-refractivity contribution in [1.82, 2.24) is 0 Å². The summed E-state index contributed by atoms with van der Waals surface area (Å²) in [6.45, 7) is 4.53. The van der Waals surface area contributed by atoms with Crippen LogP contribution >= 0.6 is 12.4 Å². The van der Waals surface area contributed by atoms with Crippen LogP contribution in [0.15, 0.2) is 24.3 Å². The first kappa shape index (κ1) is 42.2. The van der Waals surface area contributed by atoms with E-state index in [9.17, 15) is 9.59 Å². The van der Waals surface area contributed by atoms with Crippen LogP contribution in [0.2, 0.25) is 0 Å². The third-order valence-electron chi connectivity index (χ3n) is 8.06. The fraction of sp³-hybridized carbons (Fsp3) is 0.838. The smallest absolute Gasteiger partial charge is 0.157 e. The Morgan fingerprint density at radius 1 is 0.439 bits per heavy atom. The molecule has 0 amide bonds. The lowest BCUT2D eigenvalue weighted by Crippen LogP contribution is -2.38. The molecule has 0 spiro atoms. The van der Waals surface area contributed by atoms with Crippen LogP contribution in [-0.2, 0) is 9.59 Å². The van der Waals surface area contributed by atoms with Crippen molar-refractivity contribution in [1.29, 1.82) is 0 Å². The number of unbranched alkanes of at least 4 members (excludes halogenated alkanes) is 22. The molecule has 0 aromatic rings. The number of carbonyl (C=O) groups excluding carboxylic acids is 2. The Kier molecular flexibility index (Phi) is 36.3. The molecule has 2 N–H and O–H groups in total. The molecule has 0 saturated carbocycles. The lowest BCUT2D eigenvalue weighted by atomic mass is 9.98. The molecule has 0 heterocycles. The Bertz CT molecular complexity index is 564. The van der Waals surface area contributed by atoms with Crippen LogP contribution in [0.5, 0.6) is 0 Å². The fourth-order valence-electron chi connectivity index (χ4n) is 5.23. The monoisotopic (exact) mass is 596 g/mol. The van der Waals surface area contributed by atoms with Gasteiger partial charge in [-0.25, -0.2) is 0 Å². The van der Waals surface area contributed by atoms with E-state index in [4.69, 9.17) is 5.73 Å². The van der Waals surface area contributed by atoms with Crippen LogP contribution < -0.4 is 5.73 Å². The van der Waals surface area contributed by atoms with Gasteiger partial charge in [0, 0.05) is 12.8 Å². The maximum Gasteiger partial charge on any atom is 0.157 e. The number of hydrogen-bond acceptors (Lipinski definition) is 3. The van der Waals surface area contributed by atoms with Gasteiger partial charge in [0.25, 0.3) is 0 Å². The summed E-state index contributed by atoms with van der Waals surface area (Å²) in [6, 6.07) is -0.895. The lowest BCUT2D eigenvalue weighted by molar-refractivity contribution is -0.129. The second kappa shape index (κ2) is 35.3. The van der Waals surface area contributed by atoms with Gasteiger partial charge in [-0.3, -0.25) is 9.59 Å². The topological polar surface area (TPSA) is 60.2 Å². The van der Waals surface area contributed by atoms with Gasteiger partial charge in [-0.05, 0) is 64.2 Å². The van der Waals surface area contributed by atoms with E-state index < -0.39 is 6.04 Å². The Morgan fingerprint density at radius 3 is 0.976 bits per heavy atom. The van der Waals surface area contributed by atoms with Crippen molar-refractivity contribution in [2.24, 2.45) is 5.73 Å². The number of hydrogen-bond donors (Lipinski definition) is 1. The Morgan fingerprint density at radius 2 is 0.683 bits per heavy atom. The highest BCUT2D eigenvalue weighted by Crippen LogP contribution is 2.13. The highest BCUT2D eigenvalue weighted by molar-refractivity contribution is 6.06. The van der Waals surface area contributed by atoms with Gasteiger partial charge in [0.15, 0.2) is 11.6 Å². The summed E-state index contributed by atoms with van der Waals surface area (Å²) in [7, 11) is 0. The third kappa shape index (κ3) is 31.8. The van der Waals surface area contributed by atoms with E-state index in [0.717, 1.165) is 38.5 Å². The summed E-state index contributed by atoms with van der Waals surface area (Å²) in [4.78, 5) is 24.6. The summed E-state index contributed by atoms with van der Waals surface area (Å²) in [5.41, 5.74) is 5.97. The molecule has 0 bridgehead atoms. The van der Waals surface area contributed by atoms with Crippen molar-refractivity contribution in [2.75, 3.05) is 0 Å². The number of carbonyl (C=O) groups is 2. The zero-order chi connectivity index (χ0) is 29.4. The summed E-state index contributed by atoms with van der Waals surface area (Å²) < 4.78 is 0. The molecule has 41 heavy (non-hydrogen) atoms. The molecule has 0 radical (unpaired) electrons. The molecule has 242 valence electrons. The van der Waals surface area contributed by atoms with Crippen LogP contribution in [-0.4, -0.2) is 17.6 Å². The normalized spacial score (nSPS) is 12.3. The number of allylic oxidation sites excluding steroid dienone is 4. The number of Topliss-reactive ketones (excluding diaryl/α,β-unsaturated/α-hetero) is 2. The zero-order valence-corrected chi connectivity index (χ0v) is 28.3. The first-order valence-corrected chi connectivity index (χ1v) is 17.7. The highest BCUT2D eigenvalue weighted by Gasteiger charge is 2.20. The molecular formula is C37H70ClNO2. The minimum absolute atomic E-state index is 0. The number of rotatable bonds is 32. The number of ketones is 2. The van der Waals surface area contributed by atoms with E-state index in [1.807, 2.05) is 0 Å². The average Bonchev–Trinajstić information content (AvgIpc) is 2.96. The van der Waals surface area contributed by atoms with Crippen LogP contribution in [0.1, 0.15) is 194 Å². The zero-order valence-electron chi connectivity index (χ0n) is 27.5. The Labute approximate surface area is 262 Å². The maximum atomic E-state index is 12.3. The van der Waals surface area contributed by atoms with Gasteiger partial charge in [0.2, 0.25) is 0 Å². The van der Waals surface area contributed by atoms with Crippen molar-refractivity contribution < 1.29 is 9.59 Å². The van der Waals surface area contributed by atoms with Gasteiger partial charge in [0.1, 0.15) is 6.04 Å². The van der Waals surface area contributed by atoms with Crippen molar-refractivity contribution >= 4 is 24.0 Å². The van der Waals surface area contributed by atoms with E-state index in [1.54, 1.807) is 0 Å². The molecule has 0 atom stereocenters. The van der Waals surface area contributed by atoms with Crippen LogP contribution in [0.4, 0.5) is 0 Å². The van der Waals surface area contributed by atoms with E-state index >= 15 is 0 Å². The Balaban J connectivity index is 0. The molecule has 0 fully saturated rings. The summed E-state index contributed by atoms with van der Waals surface area (Å²) in [5, 5.41) is 0. The lowest BCUT2D eigenvalue weighted by Gasteiger charge is -2.09. The first-order chi connectivity index (χ1) is 19.6. The maximum absolute atomic E-state index is 12.3. The fourth-order valence-corrected chi connectivity index (χ4v) is 5.23. The van der Waals surface area contributed by atoms with Crippen LogP contribution in [0.25, 0.3) is 0 Å². The SMILES string of the molecule is CCCCCCCCC=CCCCCCCCC(=O)C(N)C(=O)CCCCCCCC=CCCCCCCCC.Cl. The molecule has 0 unspecified atom stereocenters. The van der Waals surface area contributed by atoms with Gasteiger partial charge in [-0.1, -0.05) is 141 Å². The predicted molar refractivity (Wildman–Crippen MR) is 184 cm³/mol. The number of halogens is 1. The van der Waals surface area contributed by atoms with E-state index in [2.05, 4.69) is 38.2 Å². The average molecular weight is 596 g/mol. The van der Waals surface area contributed by atoms with Crippen LogP contribution in [0, 0.1) is 0 Å². The molecular weight excluding hydrogens is 526 g/mol. The first-order valence-electron chi connectivity index (χ1n) is 17.7. The predicted octanol–water partition coefficient (Wildman–Crippen LogP) is 11.9. The molecule has 0 aliphatic carbocycles. The van der Waals surface area contributed by atoms with E-state index in [0.29, 0.717) is 12.8 Å². The quantitative estimate of drug-likeness (QED) is 0.0478. The van der Waals surface area contributed by atoms with Crippen molar-refractivity contribution in [3.63, 3.8) is 0 Å². The van der Waals surface area contributed by atoms with Gasteiger partial charge in [-0.15, -0.1) is 12.4 Å². The molecule has 0 rings (SSSR count). The van der Waals surface area contributed by atoms with Gasteiger partial charge >= 0.3 is 0 Å². The summed E-state index contributed by atoms with van der Waals surface area (Å²) in [6.07, 6.45) is 42.5. The van der Waals surface area contributed by atoms with Gasteiger partial charge < -0.3 is 5.73 Å². The third-order valence-corrected chi connectivity index (χ3v) is 8.06. The molecule has 0 aliphatic heterocycles. The molecule has 0 aromatic carbocycles. The van der Waals surface area contributed by atoms with E-state index in [1.165, 1.54) is 128 Å². The molecule has 0 aromatic heterocycles. The molecule has 4 heteroatoms. The van der Waals surface area contributed by atoms with Crippen molar-refractivity contribution in [2.45, 2.75) is 200 Å². The molecule has 0 saturated heterocycles. The summed E-state index contributed by atoms with van der Waals surface area (Å²) in [5.74, 6) is -0.120. The molecule has 3 nitrogen and oxygen atoms in total. The standard InChI is InChI=1S/C37H69NO2.ClH/c1-3-5-7-9-11-13-15-17-19-21-23-25-27-29-31-33-35(39)37(38)36(40)34-32-30-28-26-24-22-20-18-16-14-12-10-8-6-4-2;/h17-20,37H,3-16,21-34,38H2,1-2H3;1H. The largest absolute Gasteiger partial charge is 0.315 e. The number of nitrogens with two attached hydrogens (primary N) is 1. The second-order valence-electron chi connectivity index (χ2n) is 12.1. The Hall–Kier alpha value is -0.930.